The van der Waals surface area contributed by atoms with Crippen molar-refractivity contribution < 1.29 is 9.18 Å². The van der Waals surface area contributed by atoms with Gasteiger partial charge >= 0.3 is 0 Å². The number of hydrogen-bond acceptors (Lipinski definition) is 7. The second kappa shape index (κ2) is 8.09. The van der Waals surface area contributed by atoms with Gasteiger partial charge < -0.3 is 5.73 Å². The maximum Gasteiger partial charge on any atom is 0.183 e. The number of pyridine rings is 1. The van der Waals surface area contributed by atoms with E-state index in [2.05, 4.69) is 25.0 Å². The minimum absolute atomic E-state index is 0.0000526. The second-order valence-corrected chi connectivity index (χ2v) is 8.78. The van der Waals surface area contributed by atoms with E-state index < -0.39 is 0 Å². The van der Waals surface area contributed by atoms with Gasteiger partial charge in [-0.3, -0.25) is 4.79 Å². The number of benzene rings is 1. The van der Waals surface area contributed by atoms with Crippen LogP contribution in [0.2, 0.25) is 0 Å². The molecule has 34 heavy (non-hydrogen) atoms. The smallest absolute Gasteiger partial charge is 0.183 e. The molecule has 0 saturated heterocycles. The van der Waals surface area contributed by atoms with Crippen LogP contribution in [-0.4, -0.2) is 36.2 Å². The summed E-state index contributed by atoms with van der Waals surface area (Å²) in [5.74, 6) is 0.411. The molecule has 4 aromatic rings. The monoisotopic (exact) mass is 455 g/mol. The fourth-order valence-corrected chi connectivity index (χ4v) is 4.89. The van der Waals surface area contributed by atoms with E-state index in [1.54, 1.807) is 35.1 Å². The van der Waals surface area contributed by atoms with Gasteiger partial charge in [-0.2, -0.15) is 5.10 Å². The minimum atomic E-state index is -0.313. The molecule has 170 valence electrons. The first-order valence-corrected chi connectivity index (χ1v) is 11.4. The maximum atomic E-state index is 14.3. The topological polar surface area (TPSA) is 112 Å². The first kappa shape index (κ1) is 20.6. The molecule has 1 aliphatic heterocycles. The Bertz CT molecular complexity index is 1470. The number of Topliss-reactive ketones (excluding diaryl/α,β-unsaturated/α-hetero) is 1. The van der Waals surface area contributed by atoms with Crippen LogP contribution < -0.4 is 5.73 Å². The van der Waals surface area contributed by atoms with Gasteiger partial charge in [-0.15, -0.1) is 0 Å². The Morgan fingerprint density at radius 1 is 1.09 bits per heavy atom. The van der Waals surface area contributed by atoms with Gasteiger partial charge in [-0.05, 0) is 31.0 Å². The van der Waals surface area contributed by atoms with Crippen molar-refractivity contribution in [3.8, 4) is 11.5 Å². The molecule has 6 rings (SSSR count). The van der Waals surface area contributed by atoms with Crippen LogP contribution >= 0.6 is 0 Å². The lowest BCUT2D eigenvalue weighted by Gasteiger charge is -2.19. The lowest BCUT2D eigenvalue weighted by atomic mass is 9.93. The van der Waals surface area contributed by atoms with E-state index >= 15 is 0 Å². The zero-order valence-corrected chi connectivity index (χ0v) is 18.4. The van der Waals surface area contributed by atoms with Crippen LogP contribution in [0.25, 0.3) is 22.6 Å². The molecule has 9 heteroatoms. The van der Waals surface area contributed by atoms with Gasteiger partial charge in [0.2, 0.25) is 0 Å². The Morgan fingerprint density at radius 2 is 1.91 bits per heavy atom. The van der Waals surface area contributed by atoms with E-state index in [1.807, 2.05) is 6.07 Å². The quantitative estimate of drug-likeness (QED) is 0.497. The van der Waals surface area contributed by atoms with Crippen LogP contribution in [0.5, 0.6) is 0 Å². The fraction of sp³-hybridized carbons (Fsp3) is 0.280. The van der Waals surface area contributed by atoms with Gasteiger partial charge in [0.05, 0.1) is 29.8 Å². The van der Waals surface area contributed by atoms with Crippen LogP contribution in [0.1, 0.15) is 36.9 Å². The molecule has 0 amide bonds. The van der Waals surface area contributed by atoms with Gasteiger partial charge in [-0.25, -0.2) is 29.0 Å². The Hall–Kier alpha value is -4.01. The first-order chi connectivity index (χ1) is 16.6. The van der Waals surface area contributed by atoms with Crippen LogP contribution in [0.3, 0.4) is 0 Å². The van der Waals surface area contributed by atoms with Crippen molar-refractivity contribution in [3.05, 3.63) is 59.7 Å². The van der Waals surface area contributed by atoms with Gasteiger partial charge in [-0.1, -0.05) is 31.0 Å². The number of nitrogens with two attached hydrogens (primary N) is 1. The van der Waals surface area contributed by atoms with E-state index in [1.165, 1.54) is 6.07 Å². The average Bonchev–Trinajstić information content (AvgIpc) is 3.49. The summed E-state index contributed by atoms with van der Waals surface area (Å²) >= 11 is 0. The molecule has 0 atom stereocenters. The molecule has 2 N–H and O–H groups in total. The number of fused-ring (bicyclic) bond motifs is 2. The highest BCUT2D eigenvalue weighted by Gasteiger charge is 2.32. The van der Waals surface area contributed by atoms with Crippen LogP contribution in [0.4, 0.5) is 15.9 Å². The zero-order chi connectivity index (χ0) is 23.2. The molecule has 0 bridgehead atoms. The van der Waals surface area contributed by atoms with Crippen molar-refractivity contribution in [1.82, 2.24) is 24.7 Å². The van der Waals surface area contributed by atoms with Gasteiger partial charge in [0, 0.05) is 17.7 Å². The molecule has 0 radical (unpaired) electrons. The van der Waals surface area contributed by atoms with Gasteiger partial charge in [0.25, 0.3) is 0 Å². The van der Waals surface area contributed by atoms with E-state index in [9.17, 15) is 9.18 Å². The SMILES string of the molecule is Nc1nc(-c2nn(Cc3ccccc3F)c3ncccc23)nc2c1N=C(C1CCCC1)C(=O)C2. The highest BCUT2D eigenvalue weighted by atomic mass is 19.1. The number of carbonyl (C=O) groups excluding carboxylic acids is 1. The van der Waals surface area contributed by atoms with Gasteiger partial charge in [0.1, 0.15) is 17.2 Å². The predicted octanol–water partition coefficient (Wildman–Crippen LogP) is 4.05. The molecule has 3 aromatic heterocycles. The summed E-state index contributed by atoms with van der Waals surface area (Å²) in [7, 11) is 0. The Kier molecular flexibility index (Phi) is 4.90. The van der Waals surface area contributed by atoms with E-state index in [-0.39, 0.29) is 36.3 Å². The van der Waals surface area contributed by atoms with Crippen LogP contribution in [-0.2, 0) is 17.8 Å². The number of carbonyl (C=O) groups is 1. The number of anilines is 1. The number of rotatable bonds is 4. The fourth-order valence-electron chi connectivity index (χ4n) is 4.89. The summed E-state index contributed by atoms with van der Waals surface area (Å²) in [6, 6.07) is 10.2. The molecule has 4 heterocycles. The van der Waals surface area contributed by atoms with E-state index in [0.717, 1.165) is 31.1 Å². The number of aliphatic imine (C=N–C) groups is 1. The third-order valence-corrected chi connectivity index (χ3v) is 6.57. The minimum Gasteiger partial charge on any atom is -0.382 e. The van der Waals surface area contributed by atoms with Crippen LogP contribution in [0, 0.1) is 11.7 Å². The number of hydrogen-bond donors (Lipinski definition) is 1. The summed E-state index contributed by atoms with van der Waals surface area (Å²) in [5, 5.41) is 5.39. The summed E-state index contributed by atoms with van der Waals surface area (Å²) in [4.78, 5) is 31.1. The number of halogens is 1. The summed E-state index contributed by atoms with van der Waals surface area (Å²) in [6.07, 6.45) is 6.01. The Morgan fingerprint density at radius 3 is 2.74 bits per heavy atom. The highest BCUT2D eigenvalue weighted by Crippen LogP contribution is 2.36. The van der Waals surface area contributed by atoms with E-state index in [4.69, 9.17) is 5.73 Å². The molecular formula is C25H22FN7O. The van der Waals surface area contributed by atoms with E-state index in [0.29, 0.717) is 39.8 Å². The number of nitrogens with zero attached hydrogens (tertiary/aromatic N) is 6. The highest BCUT2D eigenvalue weighted by molar-refractivity contribution is 6.42. The largest absolute Gasteiger partial charge is 0.382 e. The van der Waals surface area contributed by atoms with Gasteiger partial charge in [0.15, 0.2) is 23.1 Å². The molecule has 8 nitrogen and oxygen atoms in total. The van der Waals surface area contributed by atoms with Crippen molar-refractivity contribution in [1.29, 1.82) is 0 Å². The Balaban J connectivity index is 1.44. The van der Waals surface area contributed by atoms with Crippen molar-refractivity contribution in [2.45, 2.75) is 38.6 Å². The molecule has 1 aromatic carbocycles. The predicted molar refractivity (Wildman–Crippen MR) is 126 cm³/mol. The second-order valence-electron chi connectivity index (χ2n) is 8.78. The number of aromatic nitrogens is 5. The summed E-state index contributed by atoms with van der Waals surface area (Å²) in [6.45, 7) is 0.203. The third kappa shape index (κ3) is 3.44. The van der Waals surface area contributed by atoms with Crippen molar-refractivity contribution in [2.24, 2.45) is 10.9 Å². The lowest BCUT2D eigenvalue weighted by Crippen LogP contribution is -2.27. The van der Waals surface area contributed by atoms with Crippen molar-refractivity contribution in [2.75, 3.05) is 5.73 Å². The molecule has 1 fully saturated rings. The average molecular weight is 455 g/mol. The van der Waals surface area contributed by atoms with Crippen LogP contribution in [0.15, 0.2) is 47.6 Å². The summed E-state index contributed by atoms with van der Waals surface area (Å²) < 4.78 is 15.9. The maximum absolute atomic E-state index is 14.3. The number of ketones is 1. The molecule has 0 unspecified atom stereocenters. The normalized spacial score (nSPS) is 16.1. The standard InChI is InChI=1S/C25H22FN7O/c26-17-10-4-3-8-15(17)13-33-25-16(9-5-11-28-25)21(32-33)24-29-18-12-19(34)20(14-6-1-2-7-14)30-22(18)23(27)31-24/h3-5,8-11,14H,1-2,6-7,12-13H2,(H2,27,29,31). The lowest BCUT2D eigenvalue weighted by molar-refractivity contribution is -0.112. The molecule has 1 saturated carbocycles. The zero-order valence-electron chi connectivity index (χ0n) is 18.4. The molecule has 0 spiro atoms. The molecule has 1 aliphatic carbocycles. The Labute approximate surface area is 194 Å². The van der Waals surface area contributed by atoms with Crippen molar-refractivity contribution in [3.63, 3.8) is 0 Å². The molecule has 2 aliphatic rings. The third-order valence-electron chi connectivity index (χ3n) is 6.57. The number of nitrogen functional groups attached to an aromatic ring is 1. The molecular weight excluding hydrogens is 433 g/mol. The summed E-state index contributed by atoms with van der Waals surface area (Å²) in [5.41, 5.74) is 9.47. The van der Waals surface area contributed by atoms with Crippen molar-refractivity contribution >= 4 is 34.0 Å². The first-order valence-electron chi connectivity index (χ1n) is 11.4.